The third-order valence-corrected chi connectivity index (χ3v) is 3.43. The molecular formula is C16H17N3O5. The van der Waals surface area contributed by atoms with Crippen molar-refractivity contribution in [1.29, 1.82) is 0 Å². The van der Waals surface area contributed by atoms with Crippen LogP contribution in [-0.2, 0) is 6.54 Å². The number of nitro benzene ring substituents is 1. The van der Waals surface area contributed by atoms with Crippen LogP contribution in [-0.4, -0.2) is 25.1 Å². The number of carbonyl (C=O) groups is 1. The highest BCUT2D eigenvalue weighted by molar-refractivity contribution is 5.94. The van der Waals surface area contributed by atoms with Gasteiger partial charge in [-0.15, -0.1) is 0 Å². The van der Waals surface area contributed by atoms with Crippen molar-refractivity contribution in [2.24, 2.45) is 5.73 Å². The Morgan fingerprint density at radius 2 is 2.00 bits per heavy atom. The number of nitrogens with one attached hydrogen (secondary N) is 1. The molecule has 0 fully saturated rings. The summed E-state index contributed by atoms with van der Waals surface area (Å²) >= 11 is 0. The third-order valence-electron chi connectivity index (χ3n) is 3.43. The molecule has 0 atom stereocenters. The normalized spacial score (nSPS) is 10.1. The molecule has 0 spiro atoms. The van der Waals surface area contributed by atoms with Gasteiger partial charge < -0.3 is 20.5 Å². The van der Waals surface area contributed by atoms with Crippen molar-refractivity contribution in [2.75, 3.05) is 19.5 Å². The summed E-state index contributed by atoms with van der Waals surface area (Å²) in [7, 11) is 3.05. The van der Waals surface area contributed by atoms with E-state index >= 15 is 0 Å². The van der Waals surface area contributed by atoms with Crippen LogP contribution in [0.3, 0.4) is 0 Å². The molecule has 8 nitrogen and oxygen atoms in total. The summed E-state index contributed by atoms with van der Waals surface area (Å²) in [5, 5.41) is 14.2. The summed E-state index contributed by atoms with van der Waals surface area (Å²) in [4.78, 5) is 21.8. The lowest BCUT2D eigenvalue weighted by Gasteiger charge is -2.14. The van der Waals surface area contributed by atoms with Gasteiger partial charge >= 0.3 is 0 Å². The third kappa shape index (κ3) is 3.54. The second-order valence-electron chi connectivity index (χ2n) is 4.86. The fourth-order valence-corrected chi connectivity index (χ4v) is 2.27. The number of ether oxygens (including phenoxy) is 2. The molecule has 1 amide bonds. The zero-order valence-electron chi connectivity index (χ0n) is 13.2. The summed E-state index contributed by atoms with van der Waals surface area (Å²) in [6, 6.07) is 9.40. The minimum atomic E-state index is -0.723. The number of benzene rings is 2. The van der Waals surface area contributed by atoms with E-state index in [1.165, 1.54) is 26.4 Å². The minimum absolute atomic E-state index is 0.0752. The summed E-state index contributed by atoms with van der Waals surface area (Å²) in [5.41, 5.74) is 6.04. The Morgan fingerprint density at radius 1 is 1.25 bits per heavy atom. The molecule has 2 aromatic carbocycles. The molecule has 0 aliphatic rings. The van der Waals surface area contributed by atoms with Gasteiger partial charge in [-0.2, -0.15) is 0 Å². The predicted molar refractivity (Wildman–Crippen MR) is 88.5 cm³/mol. The van der Waals surface area contributed by atoms with Crippen molar-refractivity contribution in [3.63, 3.8) is 0 Å². The standard InChI is InChI=1S/C16H17N3O5/c1-23-14-5-3-4-11(15(14)24-2)9-18-12-7-6-10(16(17)20)8-13(12)19(21)22/h3-8,18H,9H2,1-2H3,(H2,17,20). The van der Waals surface area contributed by atoms with Crippen LogP contribution in [0, 0.1) is 10.1 Å². The molecule has 0 aromatic heterocycles. The van der Waals surface area contributed by atoms with Gasteiger partial charge in [-0.3, -0.25) is 14.9 Å². The van der Waals surface area contributed by atoms with Crippen molar-refractivity contribution in [2.45, 2.75) is 6.54 Å². The summed E-state index contributed by atoms with van der Waals surface area (Å²) in [6.07, 6.45) is 0. The Bertz CT molecular complexity index is 776. The van der Waals surface area contributed by atoms with Crippen molar-refractivity contribution in [1.82, 2.24) is 0 Å². The van der Waals surface area contributed by atoms with E-state index in [4.69, 9.17) is 15.2 Å². The maximum atomic E-state index is 11.2. The van der Waals surface area contributed by atoms with E-state index in [1.54, 1.807) is 12.1 Å². The van der Waals surface area contributed by atoms with Gasteiger partial charge in [0.2, 0.25) is 5.91 Å². The Labute approximate surface area is 138 Å². The fraction of sp³-hybridized carbons (Fsp3) is 0.188. The van der Waals surface area contributed by atoms with Crippen LogP contribution in [0.5, 0.6) is 11.5 Å². The van der Waals surface area contributed by atoms with Crippen molar-refractivity contribution in [3.05, 3.63) is 57.6 Å². The summed E-state index contributed by atoms with van der Waals surface area (Å²) in [5.74, 6) is 0.387. The highest BCUT2D eigenvalue weighted by Gasteiger charge is 2.17. The quantitative estimate of drug-likeness (QED) is 0.594. The highest BCUT2D eigenvalue weighted by atomic mass is 16.6. The van der Waals surface area contributed by atoms with Gasteiger partial charge in [-0.05, 0) is 18.2 Å². The number of anilines is 1. The van der Waals surface area contributed by atoms with Gasteiger partial charge in [0, 0.05) is 23.7 Å². The molecule has 24 heavy (non-hydrogen) atoms. The lowest BCUT2D eigenvalue weighted by Crippen LogP contribution is -2.12. The number of primary amides is 1. The molecule has 0 unspecified atom stereocenters. The van der Waals surface area contributed by atoms with Gasteiger partial charge in [0.05, 0.1) is 19.1 Å². The minimum Gasteiger partial charge on any atom is -0.493 e. The Morgan fingerprint density at radius 3 is 2.58 bits per heavy atom. The van der Waals surface area contributed by atoms with E-state index in [2.05, 4.69) is 5.32 Å². The van der Waals surface area contributed by atoms with Crippen LogP contribution in [0.2, 0.25) is 0 Å². The zero-order valence-corrected chi connectivity index (χ0v) is 13.2. The van der Waals surface area contributed by atoms with E-state index in [9.17, 15) is 14.9 Å². The zero-order chi connectivity index (χ0) is 17.7. The van der Waals surface area contributed by atoms with E-state index in [0.29, 0.717) is 11.5 Å². The SMILES string of the molecule is COc1cccc(CNc2ccc(C(N)=O)cc2[N+](=O)[O-])c1OC. The largest absolute Gasteiger partial charge is 0.493 e. The molecule has 126 valence electrons. The van der Waals surface area contributed by atoms with Gasteiger partial charge in [0.25, 0.3) is 5.69 Å². The van der Waals surface area contributed by atoms with Gasteiger partial charge in [-0.1, -0.05) is 12.1 Å². The number of hydrogen-bond donors (Lipinski definition) is 2. The maximum Gasteiger partial charge on any atom is 0.293 e. The number of methoxy groups -OCH3 is 2. The molecule has 0 bridgehead atoms. The smallest absolute Gasteiger partial charge is 0.293 e. The van der Waals surface area contributed by atoms with Crippen LogP contribution in [0.15, 0.2) is 36.4 Å². The second-order valence-corrected chi connectivity index (χ2v) is 4.86. The molecule has 0 radical (unpaired) electrons. The number of nitrogens with two attached hydrogens (primary N) is 1. The Balaban J connectivity index is 2.30. The highest BCUT2D eigenvalue weighted by Crippen LogP contribution is 2.32. The molecule has 3 N–H and O–H groups in total. The van der Waals surface area contributed by atoms with E-state index in [1.807, 2.05) is 6.07 Å². The average Bonchev–Trinajstić information content (AvgIpc) is 2.58. The molecule has 8 heteroatoms. The van der Waals surface area contributed by atoms with E-state index in [-0.39, 0.29) is 23.5 Å². The van der Waals surface area contributed by atoms with Crippen LogP contribution in [0.25, 0.3) is 0 Å². The first-order valence-electron chi connectivity index (χ1n) is 7.00. The topological polar surface area (TPSA) is 117 Å². The van der Waals surface area contributed by atoms with Gasteiger partial charge in [0.15, 0.2) is 11.5 Å². The molecule has 0 saturated carbocycles. The lowest BCUT2D eigenvalue weighted by atomic mass is 10.1. The molecule has 2 aromatic rings. The number of nitro groups is 1. The van der Waals surface area contributed by atoms with E-state index in [0.717, 1.165) is 11.6 Å². The number of para-hydroxylation sites is 1. The maximum absolute atomic E-state index is 11.2. The van der Waals surface area contributed by atoms with E-state index < -0.39 is 10.8 Å². The average molecular weight is 331 g/mol. The number of hydrogen-bond acceptors (Lipinski definition) is 6. The van der Waals surface area contributed by atoms with Crippen molar-refractivity contribution < 1.29 is 19.2 Å². The van der Waals surface area contributed by atoms with Gasteiger partial charge in [0.1, 0.15) is 5.69 Å². The molecule has 0 saturated heterocycles. The Kier molecular flexibility index (Phi) is 5.20. The van der Waals surface area contributed by atoms with Gasteiger partial charge in [-0.25, -0.2) is 0 Å². The molecule has 0 heterocycles. The number of amides is 1. The Hall–Kier alpha value is -3.29. The van der Waals surface area contributed by atoms with Crippen LogP contribution >= 0.6 is 0 Å². The number of nitrogens with zero attached hydrogens (tertiary/aromatic N) is 1. The predicted octanol–water partition coefficient (Wildman–Crippen LogP) is 2.32. The molecule has 0 aliphatic carbocycles. The summed E-state index contributed by atoms with van der Waals surface area (Å²) in [6.45, 7) is 0.275. The second kappa shape index (κ2) is 7.32. The molecular weight excluding hydrogens is 314 g/mol. The number of rotatable bonds is 7. The monoisotopic (exact) mass is 331 g/mol. The van der Waals surface area contributed by atoms with Crippen LogP contribution in [0.1, 0.15) is 15.9 Å². The number of carbonyl (C=O) groups excluding carboxylic acids is 1. The fourth-order valence-electron chi connectivity index (χ4n) is 2.27. The molecule has 2 rings (SSSR count). The first kappa shape index (κ1) is 17.1. The first-order chi connectivity index (χ1) is 11.5. The van der Waals surface area contributed by atoms with Crippen LogP contribution in [0.4, 0.5) is 11.4 Å². The lowest BCUT2D eigenvalue weighted by molar-refractivity contribution is -0.384. The molecule has 0 aliphatic heterocycles. The van der Waals surface area contributed by atoms with Crippen molar-refractivity contribution in [3.8, 4) is 11.5 Å². The summed E-state index contributed by atoms with van der Waals surface area (Å²) < 4.78 is 10.5. The first-order valence-corrected chi connectivity index (χ1v) is 7.00. The van der Waals surface area contributed by atoms with Crippen LogP contribution < -0.4 is 20.5 Å². The van der Waals surface area contributed by atoms with Crippen molar-refractivity contribution >= 4 is 17.3 Å².